The van der Waals surface area contributed by atoms with Crippen molar-refractivity contribution in [1.29, 1.82) is 0 Å². The predicted octanol–water partition coefficient (Wildman–Crippen LogP) is 3.17. The van der Waals surface area contributed by atoms with E-state index in [1.165, 1.54) is 11.3 Å². The highest BCUT2D eigenvalue weighted by Crippen LogP contribution is 2.30. The first kappa shape index (κ1) is 19.4. The lowest BCUT2D eigenvalue weighted by Gasteiger charge is -2.40. The molecule has 1 atom stereocenters. The van der Waals surface area contributed by atoms with Gasteiger partial charge in [0.2, 0.25) is 0 Å². The van der Waals surface area contributed by atoms with Crippen molar-refractivity contribution in [2.45, 2.75) is 25.9 Å². The van der Waals surface area contributed by atoms with Crippen LogP contribution in [0.25, 0.3) is 0 Å². The minimum Gasteiger partial charge on any atom is -0.497 e. The van der Waals surface area contributed by atoms with Crippen LogP contribution in [0.1, 0.15) is 37.3 Å². The van der Waals surface area contributed by atoms with E-state index in [0.29, 0.717) is 0 Å². The molecule has 3 aromatic rings. The number of rotatable bonds is 6. The summed E-state index contributed by atoms with van der Waals surface area (Å²) in [7, 11) is 1.70. The molecule has 7 nitrogen and oxygen atoms in total. The number of anilines is 1. The summed E-state index contributed by atoms with van der Waals surface area (Å²) in [5, 5.41) is 12.6. The zero-order valence-corrected chi connectivity index (χ0v) is 17.3. The Bertz CT molecular complexity index is 901. The smallest absolute Gasteiger partial charge is 0.173 e. The maximum absolute atomic E-state index is 5.28. The first-order valence-electron chi connectivity index (χ1n) is 10.1. The molecular formula is C22H28N6O. The average Bonchev–Trinajstić information content (AvgIpc) is 3.25. The van der Waals surface area contributed by atoms with Gasteiger partial charge in [-0.15, -0.1) is 5.10 Å². The van der Waals surface area contributed by atoms with Gasteiger partial charge in [0.05, 0.1) is 19.2 Å². The van der Waals surface area contributed by atoms with Crippen LogP contribution in [0.5, 0.6) is 5.75 Å². The van der Waals surface area contributed by atoms with Crippen LogP contribution < -0.4 is 9.64 Å². The van der Waals surface area contributed by atoms with E-state index in [1.54, 1.807) is 7.11 Å². The van der Waals surface area contributed by atoms with Crippen LogP contribution in [0.4, 0.5) is 5.69 Å². The van der Waals surface area contributed by atoms with E-state index in [1.807, 2.05) is 22.9 Å². The summed E-state index contributed by atoms with van der Waals surface area (Å²) in [6, 6.07) is 19.1. The third kappa shape index (κ3) is 4.10. The molecule has 0 aliphatic carbocycles. The summed E-state index contributed by atoms with van der Waals surface area (Å²) in [5.41, 5.74) is 2.45. The van der Waals surface area contributed by atoms with Gasteiger partial charge in [0.15, 0.2) is 5.82 Å². The van der Waals surface area contributed by atoms with Gasteiger partial charge in [0.1, 0.15) is 5.75 Å². The van der Waals surface area contributed by atoms with Gasteiger partial charge in [0.25, 0.3) is 0 Å². The van der Waals surface area contributed by atoms with E-state index in [0.717, 1.165) is 37.8 Å². The molecule has 0 bridgehead atoms. The number of tetrazole rings is 1. The Morgan fingerprint density at radius 2 is 1.59 bits per heavy atom. The molecule has 2 aromatic carbocycles. The highest BCUT2D eigenvalue weighted by molar-refractivity contribution is 5.49. The summed E-state index contributed by atoms with van der Waals surface area (Å²) in [6.07, 6.45) is 0. The second-order valence-corrected chi connectivity index (χ2v) is 7.61. The summed E-state index contributed by atoms with van der Waals surface area (Å²) in [5.74, 6) is 1.79. The van der Waals surface area contributed by atoms with Crippen molar-refractivity contribution in [2.75, 3.05) is 38.2 Å². The Kier molecular flexibility index (Phi) is 5.76. The number of hydrogen-bond acceptors (Lipinski definition) is 6. The fourth-order valence-electron chi connectivity index (χ4n) is 3.94. The number of benzene rings is 2. The molecule has 0 spiro atoms. The molecule has 1 saturated heterocycles. The van der Waals surface area contributed by atoms with E-state index < -0.39 is 0 Å². The van der Waals surface area contributed by atoms with Gasteiger partial charge < -0.3 is 9.64 Å². The van der Waals surface area contributed by atoms with E-state index in [2.05, 4.69) is 75.6 Å². The molecule has 2 heterocycles. The molecule has 7 heteroatoms. The summed E-state index contributed by atoms with van der Waals surface area (Å²) >= 11 is 0. The van der Waals surface area contributed by atoms with E-state index in [-0.39, 0.29) is 12.1 Å². The molecule has 1 aliphatic heterocycles. The first-order chi connectivity index (χ1) is 14.2. The van der Waals surface area contributed by atoms with Gasteiger partial charge in [-0.05, 0) is 54.1 Å². The Balaban J connectivity index is 1.56. The normalized spacial score (nSPS) is 16.2. The third-order valence-corrected chi connectivity index (χ3v) is 5.48. The SMILES string of the molecule is COc1ccc(N2CCN([C@@H](c3ccccc3)c3nnnn3C(C)C)CC2)cc1. The van der Waals surface area contributed by atoms with Gasteiger partial charge in [-0.2, -0.15) is 0 Å². The third-order valence-electron chi connectivity index (χ3n) is 5.48. The molecule has 0 saturated carbocycles. The molecule has 4 rings (SSSR count). The van der Waals surface area contributed by atoms with Crippen molar-refractivity contribution in [3.8, 4) is 5.75 Å². The van der Waals surface area contributed by atoms with Crippen molar-refractivity contribution >= 4 is 5.69 Å². The minimum atomic E-state index is 0.0478. The zero-order chi connectivity index (χ0) is 20.2. The molecule has 1 aromatic heterocycles. The maximum Gasteiger partial charge on any atom is 0.173 e. The number of nitrogens with zero attached hydrogens (tertiary/aromatic N) is 6. The van der Waals surface area contributed by atoms with Crippen LogP contribution in [-0.2, 0) is 0 Å². The average molecular weight is 393 g/mol. The second-order valence-electron chi connectivity index (χ2n) is 7.61. The molecular weight excluding hydrogens is 364 g/mol. The topological polar surface area (TPSA) is 59.3 Å². The Hall–Kier alpha value is -2.93. The number of aromatic nitrogens is 4. The van der Waals surface area contributed by atoms with E-state index in [9.17, 15) is 0 Å². The number of ether oxygens (including phenoxy) is 1. The van der Waals surface area contributed by atoms with Gasteiger partial charge >= 0.3 is 0 Å². The molecule has 0 radical (unpaired) electrons. The van der Waals surface area contributed by atoms with Crippen molar-refractivity contribution in [3.05, 3.63) is 66.0 Å². The molecule has 0 amide bonds. The zero-order valence-electron chi connectivity index (χ0n) is 17.3. The number of piperazine rings is 1. The van der Waals surface area contributed by atoms with Crippen molar-refractivity contribution in [2.24, 2.45) is 0 Å². The number of hydrogen-bond donors (Lipinski definition) is 0. The standard InChI is InChI=1S/C22H28N6O/c1-17(2)28-22(23-24-25-28)21(18-7-5-4-6-8-18)27-15-13-26(14-16-27)19-9-11-20(29-3)12-10-19/h4-12,17,21H,13-16H2,1-3H3/t21-/m0/s1. The molecule has 1 fully saturated rings. The maximum atomic E-state index is 5.28. The van der Waals surface area contributed by atoms with E-state index >= 15 is 0 Å². The van der Waals surface area contributed by atoms with Crippen LogP contribution in [0.3, 0.4) is 0 Å². The van der Waals surface area contributed by atoms with Crippen LogP contribution in [0.2, 0.25) is 0 Å². The summed E-state index contributed by atoms with van der Waals surface area (Å²) in [4.78, 5) is 4.91. The molecule has 29 heavy (non-hydrogen) atoms. The van der Waals surface area contributed by atoms with Crippen molar-refractivity contribution < 1.29 is 4.74 Å². The Morgan fingerprint density at radius 3 is 2.21 bits per heavy atom. The van der Waals surface area contributed by atoms with E-state index in [4.69, 9.17) is 4.74 Å². The fraction of sp³-hybridized carbons (Fsp3) is 0.409. The summed E-state index contributed by atoms with van der Waals surface area (Å²) < 4.78 is 7.22. The lowest BCUT2D eigenvalue weighted by atomic mass is 10.0. The van der Waals surface area contributed by atoms with Crippen LogP contribution in [0.15, 0.2) is 54.6 Å². The molecule has 0 unspecified atom stereocenters. The monoisotopic (exact) mass is 392 g/mol. The van der Waals surface area contributed by atoms with Gasteiger partial charge in [-0.3, -0.25) is 4.90 Å². The van der Waals surface area contributed by atoms with Crippen LogP contribution in [0, 0.1) is 0 Å². The molecule has 152 valence electrons. The van der Waals surface area contributed by atoms with Gasteiger partial charge in [-0.25, -0.2) is 4.68 Å². The highest BCUT2D eigenvalue weighted by atomic mass is 16.5. The second kappa shape index (κ2) is 8.61. The lowest BCUT2D eigenvalue weighted by molar-refractivity contribution is 0.199. The molecule has 1 aliphatic rings. The highest BCUT2D eigenvalue weighted by Gasteiger charge is 2.31. The van der Waals surface area contributed by atoms with Crippen molar-refractivity contribution in [1.82, 2.24) is 25.1 Å². The lowest BCUT2D eigenvalue weighted by Crippen LogP contribution is -2.48. The van der Waals surface area contributed by atoms with Crippen LogP contribution >= 0.6 is 0 Å². The fourth-order valence-corrected chi connectivity index (χ4v) is 3.94. The quantitative estimate of drug-likeness (QED) is 0.642. The predicted molar refractivity (Wildman–Crippen MR) is 113 cm³/mol. The van der Waals surface area contributed by atoms with Gasteiger partial charge in [0, 0.05) is 31.9 Å². The number of methoxy groups -OCH3 is 1. The Morgan fingerprint density at radius 1 is 0.897 bits per heavy atom. The Labute approximate surface area is 171 Å². The first-order valence-corrected chi connectivity index (χ1v) is 10.1. The van der Waals surface area contributed by atoms with Crippen LogP contribution in [-0.4, -0.2) is 58.4 Å². The summed E-state index contributed by atoms with van der Waals surface area (Å²) in [6.45, 7) is 8.03. The largest absolute Gasteiger partial charge is 0.497 e. The molecule has 0 N–H and O–H groups in total. The van der Waals surface area contributed by atoms with Gasteiger partial charge in [-0.1, -0.05) is 30.3 Å². The minimum absolute atomic E-state index is 0.0478. The van der Waals surface area contributed by atoms with Crippen molar-refractivity contribution in [3.63, 3.8) is 0 Å².